The number of aryl methyl sites for hydroxylation is 1. The van der Waals surface area contributed by atoms with Gasteiger partial charge in [-0.2, -0.15) is 5.10 Å². The number of aromatic amines is 1. The standard InChI is InChI=1S/C22H20ClN5O2/c1-27-19(10-15-5-6-18(26-21(15)27)16-11-24-25-12-16)22(29)28-7-8-30-13-20(28)14-3-2-4-17(23)9-14/h2-6,9-12,20H,7-8,13H2,1H3,(H,24,25)/t20-/m1/s1. The molecule has 1 saturated heterocycles. The van der Waals surface area contributed by atoms with Crippen molar-refractivity contribution in [2.24, 2.45) is 7.05 Å². The zero-order valence-electron chi connectivity index (χ0n) is 16.4. The summed E-state index contributed by atoms with van der Waals surface area (Å²) in [6.07, 6.45) is 3.53. The first-order valence-electron chi connectivity index (χ1n) is 9.71. The number of H-pyrrole nitrogens is 1. The Kier molecular flexibility index (Phi) is 4.77. The first-order valence-corrected chi connectivity index (χ1v) is 10.1. The molecule has 4 heterocycles. The Morgan fingerprint density at radius 1 is 1.27 bits per heavy atom. The molecule has 0 saturated carbocycles. The van der Waals surface area contributed by atoms with E-state index in [0.29, 0.717) is 30.5 Å². The van der Waals surface area contributed by atoms with Crippen molar-refractivity contribution in [3.05, 3.63) is 71.1 Å². The fourth-order valence-corrected chi connectivity index (χ4v) is 4.14. The number of carbonyl (C=O) groups excluding carboxylic acids is 1. The zero-order valence-corrected chi connectivity index (χ0v) is 17.1. The Balaban J connectivity index is 1.52. The van der Waals surface area contributed by atoms with Gasteiger partial charge in [0.2, 0.25) is 0 Å². The largest absolute Gasteiger partial charge is 0.377 e. The molecule has 1 aliphatic rings. The van der Waals surface area contributed by atoms with Gasteiger partial charge < -0.3 is 14.2 Å². The molecule has 1 atom stereocenters. The van der Waals surface area contributed by atoms with Crippen LogP contribution < -0.4 is 0 Å². The molecule has 4 aromatic rings. The molecule has 1 aliphatic heterocycles. The van der Waals surface area contributed by atoms with Gasteiger partial charge in [0.1, 0.15) is 11.3 Å². The van der Waals surface area contributed by atoms with E-state index in [9.17, 15) is 4.79 Å². The van der Waals surface area contributed by atoms with E-state index in [1.54, 1.807) is 12.4 Å². The van der Waals surface area contributed by atoms with Crippen LogP contribution in [0.5, 0.6) is 0 Å². The number of nitrogens with one attached hydrogen (secondary N) is 1. The highest BCUT2D eigenvalue weighted by Crippen LogP contribution is 2.29. The number of rotatable bonds is 3. The molecule has 0 spiro atoms. The average Bonchev–Trinajstić information content (AvgIpc) is 3.42. The molecule has 1 N–H and O–H groups in total. The molecule has 0 radical (unpaired) electrons. The van der Waals surface area contributed by atoms with E-state index in [2.05, 4.69) is 10.2 Å². The van der Waals surface area contributed by atoms with E-state index < -0.39 is 0 Å². The van der Waals surface area contributed by atoms with Gasteiger partial charge in [-0.3, -0.25) is 9.89 Å². The molecule has 152 valence electrons. The van der Waals surface area contributed by atoms with Crippen molar-refractivity contribution >= 4 is 28.5 Å². The maximum absolute atomic E-state index is 13.5. The Hall–Kier alpha value is -3.16. The van der Waals surface area contributed by atoms with E-state index in [-0.39, 0.29) is 11.9 Å². The fraction of sp³-hybridized carbons (Fsp3) is 0.227. The summed E-state index contributed by atoms with van der Waals surface area (Å²) < 4.78 is 7.53. The van der Waals surface area contributed by atoms with Gasteiger partial charge in [-0.1, -0.05) is 23.7 Å². The molecule has 8 heteroatoms. The number of halogens is 1. The van der Waals surface area contributed by atoms with Crippen LogP contribution in [0.2, 0.25) is 5.02 Å². The molecular formula is C22H20ClN5O2. The topological polar surface area (TPSA) is 76.0 Å². The van der Waals surface area contributed by atoms with Crippen molar-refractivity contribution < 1.29 is 9.53 Å². The van der Waals surface area contributed by atoms with E-state index in [1.807, 2.05) is 59.0 Å². The molecule has 5 rings (SSSR count). The molecule has 0 unspecified atom stereocenters. The van der Waals surface area contributed by atoms with Crippen LogP contribution in [-0.4, -0.2) is 50.3 Å². The molecule has 0 aliphatic carbocycles. The average molecular weight is 422 g/mol. The Bertz CT molecular complexity index is 1220. The van der Waals surface area contributed by atoms with Gasteiger partial charge in [0.15, 0.2) is 0 Å². The third-order valence-electron chi connectivity index (χ3n) is 5.51. The van der Waals surface area contributed by atoms with Gasteiger partial charge in [-0.25, -0.2) is 4.98 Å². The van der Waals surface area contributed by atoms with Gasteiger partial charge in [0, 0.05) is 35.8 Å². The number of carbonyl (C=O) groups is 1. The second-order valence-electron chi connectivity index (χ2n) is 7.33. The highest BCUT2D eigenvalue weighted by molar-refractivity contribution is 6.30. The fourth-order valence-electron chi connectivity index (χ4n) is 3.94. The first kappa shape index (κ1) is 18.8. The molecular weight excluding hydrogens is 402 g/mol. The monoisotopic (exact) mass is 421 g/mol. The number of benzene rings is 1. The van der Waals surface area contributed by atoms with Crippen LogP contribution >= 0.6 is 11.6 Å². The van der Waals surface area contributed by atoms with Crippen LogP contribution in [0.25, 0.3) is 22.3 Å². The third kappa shape index (κ3) is 3.26. The highest BCUT2D eigenvalue weighted by Gasteiger charge is 2.31. The smallest absolute Gasteiger partial charge is 0.271 e. The SMILES string of the molecule is Cn1c(C(=O)N2CCOC[C@@H]2c2cccc(Cl)c2)cc2ccc(-c3cn[nH]c3)nc21. The summed E-state index contributed by atoms with van der Waals surface area (Å²) in [5.41, 5.74) is 4.02. The van der Waals surface area contributed by atoms with Crippen molar-refractivity contribution in [2.45, 2.75) is 6.04 Å². The Morgan fingerprint density at radius 2 is 2.17 bits per heavy atom. The molecule has 7 nitrogen and oxygen atoms in total. The molecule has 1 amide bonds. The van der Waals surface area contributed by atoms with Gasteiger partial charge in [-0.05, 0) is 35.9 Å². The summed E-state index contributed by atoms with van der Waals surface area (Å²) >= 11 is 6.18. The Morgan fingerprint density at radius 3 is 2.97 bits per heavy atom. The quantitative estimate of drug-likeness (QED) is 0.545. The van der Waals surface area contributed by atoms with Crippen LogP contribution in [0.1, 0.15) is 22.1 Å². The number of ether oxygens (including phenoxy) is 1. The van der Waals surface area contributed by atoms with E-state index in [0.717, 1.165) is 27.9 Å². The lowest BCUT2D eigenvalue weighted by Crippen LogP contribution is -2.44. The van der Waals surface area contributed by atoms with Crippen molar-refractivity contribution in [1.82, 2.24) is 24.6 Å². The normalized spacial score (nSPS) is 16.9. The summed E-state index contributed by atoms with van der Waals surface area (Å²) in [5.74, 6) is -0.0476. The number of hydrogen-bond acceptors (Lipinski definition) is 4. The summed E-state index contributed by atoms with van der Waals surface area (Å²) in [4.78, 5) is 20.2. The number of nitrogens with zero attached hydrogens (tertiary/aromatic N) is 4. The second kappa shape index (κ2) is 7.59. The van der Waals surface area contributed by atoms with Crippen LogP contribution in [0.3, 0.4) is 0 Å². The maximum atomic E-state index is 13.5. The molecule has 30 heavy (non-hydrogen) atoms. The minimum absolute atomic E-state index is 0.0476. The van der Waals surface area contributed by atoms with Crippen molar-refractivity contribution in [3.63, 3.8) is 0 Å². The van der Waals surface area contributed by atoms with Crippen LogP contribution in [0, 0.1) is 0 Å². The van der Waals surface area contributed by atoms with Crippen molar-refractivity contribution in [3.8, 4) is 11.3 Å². The van der Waals surface area contributed by atoms with Crippen LogP contribution in [-0.2, 0) is 11.8 Å². The van der Waals surface area contributed by atoms with Gasteiger partial charge >= 0.3 is 0 Å². The predicted molar refractivity (Wildman–Crippen MR) is 114 cm³/mol. The lowest BCUT2D eigenvalue weighted by Gasteiger charge is -2.36. The first-order chi connectivity index (χ1) is 14.6. The van der Waals surface area contributed by atoms with Gasteiger partial charge in [-0.15, -0.1) is 0 Å². The summed E-state index contributed by atoms with van der Waals surface area (Å²) in [6.45, 7) is 1.47. The van der Waals surface area contributed by atoms with E-state index >= 15 is 0 Å². The van der Waals surface area contributed by atoms with Crippen molar-refractivity contribution in [2.75, 3.05) is 19.8 Å². The third-order valence-corrected chi connectivity index (χ3v) is 5.75. The minimum atomic E-state index is -0.183. The zero-order chi connectivity index (χ0) is 20.7. The van der Waals surface area contributed by atoms with Gasteiger partial charge in [0.25, 0.3) is 5.91 Å². The predicted octanol–water partition coefficient (Wildman–Crippen LogP) is 3.83. The summed E-state index contributed by atoms with van der Waals surface area (Å²) in [5, 5.41) is 8.35. The summed E-state index contributed by atoms with van der Waals surface area (Å²) in [6, 6.07) is 13.2. The minimum Gasteiger partial charge on any atom is -0.377 e. The van der Waals surface area contributed by atoms with Crippen LogP contribution in [0.15, 0.2) is 54.9 Å². The second-order valence-corrected chi connectivity index (χ2v) is 7.77. The molecule has 1 aromatic carbocycles. The van der Waals surface area contributed by atoms with E-state index in [4.69, 9.17) is 21.3 Å². The van der Waals surface area contributed by atoms with Crippen LogP contribution in [0.4, 0.5) is 0 Å². The number of aromatic nitrogens is 4. The summed E-state index contributed by atoms with van der Waals surface area (Å²) in [7, 11) is 1.87. The highest BCUT2D eigenvalue weighted by atomic mass is 35.5. The van der Waals surface area contributed by atoms with Gasteiger partial charge in [0.05, 0.1) is 31.1 Å². The Labute approximate surface area is 178 Å². The number of fused-ring (bicyclic) bond motifs is 1. The number of amides is 1. The lowest BCUT2D eigenvalue weighted by molar-refractivity contribution is -0.00317. The molecule has 3 aromatic heterocycles. The number of hydrogen-bond donors (Lipinski definition) is 1. The maximum Gasteiger partial charge on any atom is 0.271 e. The number of pyridine rings is 1. The van der Waals surface area contributed by atoms with Crippen molar-refractivity contribution in [1.29, 1.82) is 0 Å². The number of morpholine rings is 1. The van der Waals surface area contributed by atoms with E-state index in [1.165, 1.54) is 0 Å². The molecule has 1 fully saturated rings. The lowest BCUT2D eigenvalue weighted by atomic mass is 10.0. The molecule has 0 bridgehead atoms.